The third-order valence-electron chi connectivity index (χ3n) is 4.11. The molecule has 0 saturated carbocycles. The van der Waals surface area contributed by atoms with Crippen molar-refractivity contribution in [1.29, 1.82) is 5.26 Å². The fourth-order valence-corrected chi connectivity index (χ4v) is 2.93. The zero-order valence-corrected chi connectivity index (χ0v) is 15.3. The van der Waals surface area contributed by atoms with E-state index in [1.54, 1.807) is 0 Å². The smallest absolute Gasteiger partial charge is 0.357 e. The minimum Gasteiger partial charge on any atom is -0.464 e. The molecule has 0 unspecified atom stereocenters. The Kier molecular flexibility index (Phi) is 5.16. The summed E-state index contributed by atoms with van der Waals surface area (Å²) >= 11 is 6.06. The second-order valence-corrected chi connectivity index (χ2v) is 6.21. The Balaban J connectivity index is 2.25. The first-order valence-electron chi connectivity index (χ1n) is 7.96. The van der Waals surface area contributed by atoms with Gasteiger partial charge in [0, 0.05) is 22.3 Å². The molecule has 0 fully saturated rings. The molecule has 0 aliphatic rings. The highest BCUT2D eigenvalue weighted by atomic mass is 35.5. The number of nitriles is 1. The summed E-state index contributed by atoms with van der Waals surface area (Å²) in [5.41, 5.74) is 6.45. The normalized spacial score (nSPS) is 10.4. The molecule has 0 spiro atoms. The molecule has 3 rings (SSSR count). The van der Waals surface area contributed by atoms with Crippen LogP contribution >= 0.6 is 11.6 Å². The molecular formula is C20H13ClFN3O3. The van der Waals surface area contributed by atoms with Crippen molar-refractivity contribution in [3.05, 3.63) is 81.9 Å². The van der Waals surface area contributed by atoms with Gasteiger partial charge in [-0.15, -0.1) is 0 Å². The number of halogens is 2. The van der Waals surface area contributed by atoms with Crippen molar-refractivity contribution in [2.24, 2.45) is 0 Å². The summed E-state index contributed by atoms with van der Waals surface area (Å²) in [6.45, 7) is 0. The molecule has 1 heterocycles. The number of anilines is 1. The van der Waals surface area contributed by atoms with E-state index in [4.69, 9.17) is 22.1 Å². The fraction of sp³-hybridized carbons (Fsp3) is 0.0500. The van der Waals surface area contributed by atoms with Crippen LogP contribution in [0.5, 0.6) is 0 Å². The van der Waals surface area contributed by atoms with Crippen molar-refractivity contribution in [2.75, 3.05) is 12.8 Å². The quantitative estimate of drug-likeness (QED) is 0.534. The van der Waals surface area contributed by atoms with Gasteiger partial charge in [-0.25, -0.2) is 9.18 Å². The number of esters is 1. The van der Waals surface area contributed by atoms with Gasteiger partial charge in [-0.1, -0.05) is 11.6 Å². The Morgan fingerprint density at radius 2 is 1.89 bits per heavy atom. The molecule has 6 nitrogen and oxygen atoms in total. The number of methoxy groups -OCH3 is 1. The van der Waals surface area contributed by atoms with Crippen molar-refractivity contribution in [2.45, 2.75) is 0 Å². The van der Waals surface area contributed by atoms with Gasteiger partial charge in [0.15, 0.2) is 11.5 Å². The molecule has 0 aliphatic heterocycles. The SMILES string of the molecule is COC(=O)c1c(N)c(C#N)cn1-c1ccc(Cl)cc1C(=O)c1ccc(F)cc1. The molecule has 0 atom stereocenters. The molecule has 140 valence electrons. The zero-order valence-electron chi connectivity index (χ0n) is 14.6. The first kappa shape index (κ1) is 19.1. The van der Waals surface area contributed by atoms with Crippen LogP contribution in [0.25, 0.3) is 5.69 Å². The van der Waals surface area contributed by atoms with E-state index >= 15 is 0 Å². The second kappa shape index (κ2) is 7.55. The number of nitrogens with zero attached hydrogens (tertiary/aromatic N) is 2. The maximum Gasteiger partial charge on any atom is 0.357 e. The van der Waals surface area contributed by atoms with E-state index in [1.807, 2.05) is 6.07 Å². The maximum atomic E-state index is 13.2. The van der Waals surface area contributed by atoms with Crippen molar-refractivity contribution in [3.63, 3.8) is 0 Å². The number of ether oxygens (including phenoxy) is 1. The predicted molar refractivity (Wildman–Crippen MR) is 101 cm³/mol. The molecule has 1 aromatic heterocycles. The summed E-state index contributed by atoms with van der Waals surface area (Å²) in [6, 6.07) is 11.4. The van der Waals surface area contributed by atoms with E-state index < -0.39 is 17.6 Å². The Morgan fingerprint density at radius 1 is 1.21 bits per heavy atom. The topological polar surface area (TPSA) is 98.1 Å². The highest BCUT2D eigenvalue weighted by Crippen LogP contribution is 2.29. The van der Waals surface area contributed by atoms with Gasteiger partial charge in [-0.2, -0.15) is 5.26 Å². The number of ketones is 1. The fourth-order valence-electron chi connectivity index (χ4n) is 2.76. The van der Waals surface area contributed by atoms with Gasteiger partial charge in [0.2, 0.25) is 0 Å². The van der Waals surface area contributed by atoms with E-state index in [9.17, 15) is 19.2 Å². The summed E-state index contributed by atoms with van der Waals surface area (Å²) in [5.74, 6) is -1.69. The third-order valence-corrected chi connectivity index (χ3v) is 4.35. The van der Waals surface area contributed by atoms with Crippen LogP contribution in [-0.2, 0) is 4.74 Å². The standard InChI is InChI=1S/C20H13ClFN3O3/c1-28-20(27)18-17(24)12(9-23)10-25(18)16-7-4-13(21)8-15(16)19(26)11-2-5-14(22)6-3-11/h2-8,10H,24H2,1H3. The molecule has 0 bridgehead atoms. The summed E-state index contributed by atoms with van der Waals surface area (Å²) in [7, 11) is 1.18. The Bertz CT molecular complexity index is 1130. The summed E-state index contributed by atoms with van der Waals surface area (Å²) in [4.78, 5) is 25.2. The van der Waals surface area contributed by atoms with Crippen LogP contribution in [-0.4, -0.2) is 23.4 Å². The van der Waals surface area contributed by atoms with Gasteiger partial charge in [0.05, 0.1) is 24.0 Å². The summed E-state index contributed by atoms with van der Waals surface area (Å²) in [6.07, 6.45) is 1.34. The van der Waals surface area contributed by atoms with Crippen LogP contribution in [0.3, 0.4) is 0 Å². The lowest BCUT2D eigenvalue weighted by Gasteiger charge is -2.13. The predicted octanol–water partition coefficient (Wildman–Crippen LogP) is 3.74. The van der Waals surface area contributed by atoms with Crippen LogP contribution in [0.1, 0.15) is 32.0 Å². The van der Waals surface area contributed by atoms with E-state index in [2.05, 4.69) is 0 Å². The monoisotopic (exact) mass is 397 g/mol. The number of hydrogen-bond donors (Lipinski definition) is 1. The number of benzene rings is 2. The molecule has 2 aromatic carbocycles. The molecule has 0 radical (unpaired) electrons. The van der Waals surface area contributed by atoms with Crippen LogP contribution in [0.4, 0.5) is 10.1 Å². The van der Waals surface area contributed by atoms with Gasteiger partial charge in [0.1, 0.15) is 11.9 Å². The molecular weight excluding hydrogens is 385 g/mol. The lowest BCUT2D eigenvalue weighted by atomic mass is 10.0. The second-order valence-electron chi connectivity index (χ2n) is 5.78. The van der Waals surface area contributed by atoms with Crippen molar-refractivity contribution < 1.29 is 18.7 Å². The number of hydrogen-bond acceptors (Lipinski definition) is 5. The van der Waals surface area contributed by atoms with E-state index in [0.717, 1.165) is 0 Å². The lowest BCUT2D eigenvalue weighted by Crippen LogP contribution is -2.14. The lowest BCUT2D eigenvalue weighted by molar-refractivity contribution is 0.0592. The highest BCUT2D eigenvalue weighted by molar-refractivity contribution is 6.31. The average Bonchev–Trinajstić information content (AvgIpc) is 3.03. The Hall–Kier alpha value is -3.63. The maximum absolute atomic E-state index is 13.2. The largest absolute Gasteiger partial charge is 0.464 e. The molecule has 0 aliphatic carbocycles. The van der Waals surface area contributed by atoms with Gasteiger partial charge < -0.3 is 15.0 Å². The van der Waals surface area contributed by atoms with Crippen LogP contribution in [0, 0.1) is 17.1 Å². The number of nitrogen functional groups attached to an aromatic ring is 1. The number of rotatable bonds is 4. The molecule has 0 amide bonds. The first-order valence-corrected chi connectivity index (χ1v) is 8.34. The minimum atomic E-state index is -0.769. The molecule has 3 aromatic rings. The average molecular weight is 398 g/mol. The van der Waals surface area contributed by atoms with Gasteiger partial charge in [-0.3, -0.25) is 4.79 Å². The van der Waals surface area contributed by atoms with Gasteiger partial charge in [-0.05, 0) is 42.5 Å². The number of carbonyl (C=O) groups excluding carboxylic acids is 2. The summed E-state index contributed by atoms with van der Waals surface area (Å²) in [5, 5.41) is 9.55. The molecule has 2 N–H and O–H groups in total. The number of nitrogens with two attached hydrogens (primary N) is 1. The van der Waals surface area contributed by atoms with Crippen molar-refractivity contribution >= 4 is 29.0 Å². The van der Waals surface area contributed by atoms with Crippen molar-refractivity contribution in [3.8, 4) is 11.8 Å². The number of carbonyl (C=O) groups is 2. The van der Waals surface area contributed by atoms with E-state index in [-0.39, 0.29) is 38.8 Å². The Labute approximate surface area is 164 Å². The van der Waals surface area contributed by atoms with Gasteiger partial charge in [0.25, 0.3) is 0 Å². The van der Waals surface area contributed by atoms with Crippen LogP contribution in [0.15, 0.2) is 48.7 Å². The Morgan fingerprint density at radius 3 is 2.50 bits per heavy atom. The van der Waals surface area contributed by atoms with Crippen LogP contribution < -0.4 is 5.73 Å². The van der Waals surface area contributed by atoms with Gasteiger partial charge >= 0.3 is 5.97 Å². The zero-order chi connectivity index (χ0) is 20.4. The molecule has 28 heavy (non-hydrogen) atoms. The first-order chi connectivity index (χ1) is 13.4. The van der Waals surface area contributed by atoms with E-state index in [1.165, 1.54) is 60.3 Å². The third kappa shape index (κ3) is 3.33. The molecule has 8 heteroatoms. The molecule has 0 saturated heterocycles. The number of aromatic nitrogens is 1. The van der Waals surface area contributed by atoms with E-state index in [0.29, 0.717) is 0 Å². The highest BCUT2D eigenvalue weighted by Gasteiger charge is 2.25. The summed E-state index contributed by atoms with van der Waals surface area (Å²) < 4.78 is 19.3. The van der Waals surface area contributed by atoms with Crippen LogP contribution in [0.2, 0.25) is 5.02 Å². The van der Waals surface area contributed by atoms with Crippen molar-refractivity contribution in [1.82, 2.24) is 4.57 Å². The minimum absolute atomic E-state index is 0.0514.